The van der Waals surface area contributed by atoms with Crippen molar-refractivity contribution in [2.24, 2.45) is 0 Å². The SMILES string of the molecule is CCC(=O)OP(CC)(c1ccccc1)(c1ccccc1)c1ccccc1. The second-order valence-electron chi connectivity index (χ2n) is 6.35. The number of rotatable bonds is 6. The van der Waals surface area contributed by atoms with Gasteiger partial charge in [0.25, 0.3) is 0 Å². The molecule has 3 aromatic carbocycles. The van der Waals surface area contributed by atoms with Crippen molar-refractivity contribution in [3.05, 3.63) is 91.0 Å². The quantitative estimate of drug-likeness (QED) is 0.606. The molecule has 3 rings (SSSR count). The topological polar surface area (TPSA) is 26.3 Å². The zero-order valence-electron chi connectivity index (χ0n) is 15.3. The van der Waals surface area contributed by atoms with Crippen LogP contribution in [0.4, 0.5) is 0 Å². The van der Waals surface area contributed by atoms with Crippen LogP contribution in [0, 0.1) is 0 Å². The molecule has 0 bridgehead atoms. The molecule has 0 aliphatic rings. The van der Waals surface area contributed by atoms with Gasteiger partial charge in [0.05, 0.1) is 0 Å². The molecule has 0 fully saturated rings. The molecule has 0 unspecified atom stereocenters. The Labute approximate surface area is 155 Å². The summed E-state index contributed by atoms with van der Waals surface area (Å²) in [6.45, 7) is 0.591. The number of hydrogen-bond acceptors (Lipinski definition) is 2. The Bertz CT molecular complexity index is 761. The molecule has 0 aliphatic heterocycles. The van der Waals surface area contributed by atoms with Crippen molar-refractivity contribution >= 4 is 28.7 Å². The third-order valence-electron chi connectivity index (χ3n) is 5.10. The van der Waals surface area contributed by atoms with Gasteiger partial charge in [0.2, 0.25) is 0 Å². The predicted molar refractivity (Wildman–Crippen MR) is 112 cm³/mol. The predicted octanol–water partition coefficient (Wildman–Crippen LogP) is 4.40. The van der Waals surface area contributed by atoms with E-state index < -0.39 is 6.83 Å². The summed E-state index contributed by atoms with van der Waals surface area (Å²) in [5.41, 5.74) is 0. The van der Waals surface area contributed by atoms with Gasteiger partial charge >= 0.3 is 155 Å². The van der Waals surface area contributed by atoms with Crippen molar-refractivity contribution in [1.82, 2.24) is 0 Å². The molecule has 2 nitrogen and oxygen atoms in total. The molecule has 0 heterocycles. The monoisotopic (exact) mass is 364 g/mol. The van der Waals surface area contributed by atoms with E-state index in [-0.39, 0.29) is 5.97 Å². The Morgan fingerprint density at radius 1 is 0.692 bits per heavy atom. The Morgan fingerprint density at radius 3 is 1.31 bits per heavy atom. The van der Waals surface area contributed by atoms with Crippen LogP contribution < -0.4 is 15.9 Å². The maximum atomic E-state index is 12.7. The van der Waals surface area contributed by atoms with E-state index in [0.717, 1.165) is 22.1 Å². The van der Waals surface area contributed by atoms with Gasteiger partial charge in [0, 0.05) is 0 Å². The minimum absolute atomic E-state index is 0.166. The molecule has 134 valence electrons. The summed E-state index contributed by atoms with van der Waals surface area (Å²) in [6.07, 6.45) is 1.07. The van der Waals surface area contributed by atoms with E-state index in [1.54, 1.807) is 0 Å². The summed E-state index contributed by atoms with van der Waals surface area (Å²) in [6, 6.07) is 30.8. The Hall–Kier alpha value is -2.44. The summed E-state index contributed by atoms with van der Waals surface area (Å²) in [4.78, 5) is 12.7. The molecule has 3 heteroatoms. The van der Waals surface area contributed by atoms with Gasteiger partial charge in [0.1, 0.15) is 0 Å². The second kappa shape index (κ2) is 7.43. The van der Waals surface area contributed by atoms with Crippen LogP contribution >= 0.6 is 6.83 Å². The normalized spacial score (nSPS) is 12.8. The Kier molecular flexibility index (Phi) is 5.25. The second-order valence-corrected chi connectivity index (χ2v) is 11.1. The van der Waals surface area contributed by atoms with Gasteiger partial charge in [-0.25, -0.2) is 0 Å². The Balaban J connectivity index is 2.48. The van der Waals surface area contributed by atoms with Crippen LogP contribution in [0.15, 0.2) is 91.0 Å². The molecule has 0 saturated carbocycles. The van der Waals surface area contributed by atoms with Crippen LogP contribution in [0.3, 0.4) is 0 Å². The number of hydrogen-bond donors (Lipinski definition) is 0. The van der Waals surface area contributed by atoms with Gasteiger partial charge in [0.15, 0.2) is 0 Å². The maximum absolute atomic E-state index is 12.7. The third kappa shape index (κ3) is 2.75. The van der Waals surface area contributed by atoms with Crippen LogP contribution in [-0.4, -0.2) is 12.1 Å². The summed E-state index contributed by atoms with van der Waals surface area (Å²) < 4.78 is 6.57. The fraction of sp³-hybridized carbons (Fsp3) is 0.174. The standard InChI is InChI=1S/C23H25O2P/c1-3-23(24)25-26(4-2,20-14-8-5-9-15-20,21-16-10-6-11-17-21)22-18-12-7-13-19-22/h5-19H,3-4H2,1-2H3. The summed E-state index contributed by atoms with van der Waals surface area (Å²) in [5.74, 6) is -0.166. The molecular formula is C23H25O2P. The van der Waals surface area contributed by atoms with E-state index in [0.29, 0.717) is 6.42 Å². The average molecular weight is 364 g/mol. The first-order chi connectivity index (χ1) is 12.7. The van der Waals surface area contributed by atoms with Crippen LogP contribution in [0.5, 0.6) is 0 Å². The van der Waals surface area contributed by atoms with Gasteiger partial charge in [-0.3, -0.25) is 0 Å². The fourth-order valence-electron chi connectivity index (χ4n) is 3.74. The van der Waals surface area contributed by atoms with E-state index in [9.17, 15) is 4.79 Å². The molecular weight excluding hydrogens is 339 g/mol. The average Bonchev–Trinajstić information content (AvgIpc) is 2.74. The molecule has 0 amide bonds. The number of carbonyl (C=O) groups excluding carboxylic acids is 1. The zero-order chi connectivity index (χ0) is 18.5. The molecule has 0 aromatic heterocycles. The first-order valence-corrected chi connectivity index (χ1v) is 11.4. The van der Waals surface area contributed by atoms with E-state index in [1.807, 2.05) is 61.5 Å². The van der Waals surface area contributed by atoms with Gasteiger partial charge in [-0.05, 0) is 0 Å². The molecule has 0 spiro atoms. The van der Waals surface area contributed by atoms with Crippen molar-refractivity contribution in [3.8, 4) is 0 Å². The molecule has 0 radical (unpaired) electrons. The third-order valence-corrected chi connectivity index (χ3v) is 11.1. The first kappa shape index (κ1) is 18.4. The van der Waals surface area contributed by atoms with Gasteiger partial charge < -0.3 is 0 Å². The first-order valence-electron chi connectivity index (χ1n) is 9.08. The molecule has 0 atom stereocenters. The Morgan fingerprint density at radius 2 is 1.04 bits per heavy atom. The van der Waals surface area contributed by atoms with E-state index >= 15 is 0 Å². The molecule has 3 aromatic rings. The summed E-state index contributed by atoms with van der Waals surface area (Å²) in [5, 5.41) is 3.25. The van der Waals surface area contributed by atoms with E-state index in [4.69, 9.17) is 4.52 Å². The van der Waals surface area contributed by atoms with Crippen molar-refractivity contribution < 1.29 is 9.32 Å². The fourth-order valence-corrected chi connectivity index (χ4v) is 9.16. The zero-order valence-corrected chi connectivity index (χ0v) is 16.2. The molecule has 0 N–H and O–H groups in total. The number of benzene rings is 3. The van der Waals surface area contributed by atoms with Crippen molar-refractivity contribution in [2.45, 2.75) is 20.3 Å². The van der Waals surface area contributed by atoms with Crippen LogP contribution in [-0.2, 0) is 9.32 Å². The summed E-state index contributed by atoms with van der Waals surface area (Å²) >= 11 is 0. The van der Waals surface area contributed by atoms with Gasteiger partial charge in [-0.2, -0.15) is 0 Å². The van der Waals surface area contributed by atoms with Crippen molar-refractivity contribution in [2.75, 3.05) is 6.16 Å². The van der Waals surface area contributed by atoms with E-state index in [1.165, 1.54) is 0 Å². The number of carbonyl (C=O) groups is 1. The van der Waals surface area contributed by atoms with Crippen molar-refractivity contribution in [3.63, 3.8) is 0 Å². The molecule has 0 saturated heterocycles. The van der Waals surface area contributed by atoms with E-state index in [2.05, 4.69) is 43.3 Å². The van der Waals surface area contributed by atoms with Gasteiger partial charge in [-0.1, -0.05) is 0 Å². The summed E-state index contributed by atoms with van der Waals surface area (Å²) in [7, 11) is 0. The molecule has 0 aliphatic carbocycles. The van der Waals surface area contributed by atoms with Crippen molar-refractivity contribution in [1.29, 1.82) is 0 Å². The van der Waals surface area contributed by atoms with Gasteiger partial charge in [-0.15, -0.1) is 0 Å². The van der Waals surface area contributed by atoms with Crippen LogP contribution in [0.1, 0.15) is 20.3 Å². The van der Waals surface area contributed by atoms with Crippen LogP contribution in [0.2, 0.25) is 0 Å². The molecule has 26 heavy (non-hydrogen) atoms. The van der Waals surface area contributed by atoms with Crippen LogP contribution in [0.25, 0.3) is 0 Å². The minimum atomic E-state index is -3.39.